The van der Waals surface area contributed by atoms with E-state index in [1.165, 1.54) is 16.3 Å². The summed E-state index contributed by atoms with van der Waals surface area (Å²) in [5, 5.41) is 2.40. The molecule has 0 spiro atoms. The third kappa shape index (κ3) is 5.34. The molecule has 3 heterocycles. The van der Waals surface area contributed by atoms with E-state index in [0.717, 1.165) is 67.5 Å². The van der Waals surface area contributed by atoms with Crippen molar-refractivity contribution in [2.45, 2.75) is 0 Å². The van der Waals surface area contributed by atoms with E-state index < -0.39 is 0 Å². The molecule has 0 fully saturated rings. The van der Waals surface area contributed by atoms with E-state index in [1.807, 2.05) is 36.5 Å². The molecule has 0 N–H and O–H groups in total. The summed E-state index contributed by atoms with van der Waals surface area (Å²) in [6.07, 6.45) is 5.55. The minimum atomic E-state index is 0.764. The van der Waals surface area contributed by atoms with Crippen molar-refractivity contribution in [3.8, 4) is 50.9 Å². The molecule has 0 bridgehead atoms. The summed E-state index contributed by atoms with van der Waals surface area (Å²) in [6.45, 7) is 0. The van der Waals surface area contributed by atoms with Gasteiger partial charge >= 0.3 is 0 Å². The van der Waals surface area contributed by atoms with Crippen LogP contribution in [0.15, 0.2) is 194 Å². The fourth-order valence-corrected chi connectivity index (χ4v) is 7.47. The molecule has 250 valence electrons. The van der Waals surface area contributed by atoms with E-state index in [4.69, 9.17) is 4.74 Å². The van der Waals surface area contributed by atoms with Crippen LogP contribution >= 0.6 is 0 Å². The number of rotatable bonds is 7. The quantitative estimate of drug-likeness (QED) is 0.124. The van der Waals surface area contributed by atoms with Crippen LogP contribution in [0.25, 0.3) is 72.3 Å². The lowest BCUT2D eigenvalue weighted by molar-refractivity contribution is -0.571. The van der Waals surface area contributed by atoms with E-state index in [-0.39, 0.29) is 0 Å². The van der Waals surface area contributed by atoms with Crippen molar-refractivity contribution < 1.29 is 9.30 Å². The smallest absolute Gasteiger partial charge is 0.269 e. The first-order valence-electron chi connectivity index (χ1n) is 17.7. The summed E-state index contributed by atoms with van der Waals surface area (Å²) >= 11 is 0. The molecule has 0 aliphatic heterocycles. The van der Waals surface area contributed by atoms with Crippen LogP contribution in [0.2, 0.25) is 0 Å². The summed E-state index contributed by atoms with van der Waals surface area (Å²) in [4.78, 5) is 4.67. The van der Waals surface area contributed by atoms with Crippen molar-refractivity contribution in [1.29, 1.82) is 0 Å². The molecule has 53 heavy (non-hydrogen) atoms. The van der Waals surface area contributed by atoms with Crippen molar-refractivity contribution in [3.63, 3.8) is 0 Å². The highest BCUT2D eigenvalue weighted by molar-refractivity contribution is 6.09. The van der Waals surface area contributed by atoms with E-state index >= 15 is 0 Å². The van der Waals surface area contributed by atoms with Crippen molar-refractivity contribution >= 4 is 32.8 Å². The van der Waals surface area contributed by atoms with E-state index in [2.05, 4.69) is 183 Å². The molecule has 0 saturated carbocycles. The normalized spacial score (nSPS) is 11.4. The second-order valence-electron chi connectivity index (χ2n) is 13.0. The third-order valence-electron chi connectivity index (χ3n) is 9.83. The minimum Gasteiger partial charge on any atom is -0.457 e. The lowest BCUT2D eigenvalue weighted by atomic mass is 10.0. The number of para-hydroxylation sites is 6. The summed E-state index contributed by atoms with van der Waals surface area (Å²) < 4.78 is 13.2. The molecule has 7 aromatic carbocycles. The number of ether oxygens (including phenoxy) is 1. The molecule has 0 amide bonds. The lowest BCUT2D eigenvalue weighted by Crippen LogP contribution is -2.30. The van der Waals surface area contributed by atoms with Gasteiger partial charge in [0.15, 0.2) is 0 Å². The molecule has 10 aromatic rings. The van der Waals surface area contributed by atoms with Crippen LogP contribution in [0.5, 0.6) is 11.5 Å². The van der Waals surface area contributed by atoms with Gasteiger partial charge < -0.3 is 9.30 Å². The summed E-state index contributed by atoms with van der Waals surface area (Å²) in [5.74, 6) is 1.54. The lowest BCUT2D eigenvalue weighted by Gasteiger charge is -2.13. The number of hydrogen-bond donors (Lipinski definition) is 0. The van der Waals surface area contributed by atoms with Gasteiger partial charge in [0.25, 0.3) is 6.33 Å². The highest BCUT2D eigenvalue weighted by Crippen LogP contribution is 2.37. The Hall–Kier alpha value is -7.24. The van der Waals surface area contributed by atoms with Gasteiger partial charge in [-0.25, -0.2) is 0 Å². The zero-order valence-corrected chi connectivity index (χ0v) is 28.7. The first kappa shape index (κ1) is 30.6. The number of fused-ring (bicyclic) bond motifs is 4. The van der Waals surface area contributed by atoms with Crippen LogP contribution < -0.4 is 9.30 Å². The molecule has 0 aliphatic rings. The van der Waals surface area contributed by atoms with Crippen molar-refractivity contribution in [2.75, 3.05) is 0 Å². The van der Waals surface area contributed by atoms with Gasteiger partial charge in [-0.15, -0.1) is 0 Å². The van der Waals surface area contributed by atoms with Gasteiger partial charge in [0.2, 0.25) is 0 Å². The molecule has 0 atom stereocenters. The van der Waals surface area contributed by atoms with E-state index in [1.54, 1.807) is 0 Å². The molecule has 5 nitrogen and oxygen atoms in total. The van der Waals surface area contributed by atoms with Crippen LogP contribution in [0.3, 0.4) is 0 Å². The minimum absolute atomic E-state index is 0.764. The Bertz CT molecular complexity index is 2930. The summed E-state index contributed by atoms with van der Waals surface area (Å²) in [6, 6.07) is 65.0. The molecule has 0 radical (unpaired) electrons. The molecule has 0 saturated heterocycles. The predicted octanol–water partition coefficient (Wildman–Crippen LogP) is 11.3. The van der Waals surface area contributed by atoms with Gasteiger partial charge in [0, 0.05) is 34.3 Å². The number of hydrogen-bond acceptors (Lipinski definition) is 2. The summed E-state index contributed by atoms with van der Waals surface area (Å²) in [5.41, 5.74) is 11.6. The third-order valence-corrected chi connectivity index (χ3v) is 9.83. The van der Waals surface area contributed by atoms with Crippen LogP contribution in [-0.2, 0) is 0 Å². The number of nitrogens with zero attached hydrogens (tertiary/aromatic N) is 4. The maximum Gasteiger partial charge on any atom is 0.269 e. The molecule has 10 rings (SSSR count). The highest BCUT2D eigenvalue weighted by atomic mass is 16.5. The van der Waals surface area contributed by atoms with Gasteiger partial charge in [-0.2, -0.15) is 0 Å². The van der Waals surface area contributed by atoms with Crippen LogP contribution in [0.4, 0.5) is 0 Å². The van der Waals surface area contributed by atoms with Crippen molar-refractivity contribution in [1.82, 2.24) is 14.1 Å². The molecular weight excluding hydrogens is 649 g/mol. The molecule has 0 aliphatic carbocycles. The van der Waals surface area contributed by atoms with Gasteiger partial charge in [0.05, 0.1) is 39.1 Å². The average Bonchev–Trinajstić information content (AvgIpc) is 3.77. The maximum atomic E-state index is 6.63. The fraction of sp³-hybridized carbons (Fsp3) is 0. The Kier molecular flexibility index (Phi) is 7.40. The zero-order valence-electron chi connectivity index (χ0n) is 28.7. The highest BCUT2D eigenvalue weighted by Gasteiger charge is 2.18. The topological polar surface area (TPSA) is 35.9 Å². The van der Waals surface area contributed by atoms with Gasteiger partial charge in [-0.3, -0.25) is 14.1 Å². The first-order chi connectivity index (χ1) is 26.3. The molecule has 0 unspecified atom stereocenters. The summed E-state index contributed by atoms with van der Waals surface area (Å²) in [7, 11) is 0. The Labute approximate surface area is 306 Å². The van der Waals surface area contributed by atoms with Gasteiger partial charge in [0.1, 0.15) is 11.5 Å². The number of pyridine rings is 1. The monoisotopic (exact) mass is 680 g/mol. The SMILES string of the molecule is [c-]1n(-c2ccccc2-c2cccc(Oc3ccc4c5ccccc5n(-c5ccccc5)c4c3)c2)c2ccccc2[n+]1-c1ccccc1-c1ccccn1. The second kappa shape index (κ2) is 12.8. The maximum absolute atomic E-state index is 6.63. The van der Waals surface area contributed by atoms with Crippen molar-refractivity contribution in [3.05, 3.63) is 201 Å². The standard InChI is InChI=1S/C48H32N4O/c1-2-16-35(17-3-1)52-45-25-9-5-20-39(45)40-29-28-37(32-48(40)52)53-36-18-14-15-34(31-36)38-19-4-7-23-43(38)50-33-51(47-27-11-10-26-46(47)50)44-24-8-6-21-41(44)42-22-12-13-30-49-42/h1-32H. The molecular formula is C48H32N4O. The second-order valence-corrected chi connectivity index (χ2v) is 13.0. The number of aromatic nitrogens is 4. The largest absolute Gasteiger partial charge is 0.457 e. The zero-order chi connectivity index (χ0) is 35.1. The number of imidazole rings is 1. The Morgan fingerprint density at radius 2 is 1.23 bits per heavy atom. The number of benzene rings is 7. The molecule has 5 heteroatoms. The average molecular weight is 681 g/mol. The Morgan fingerprint density at radius 1 is 0.509 bits per heavy atom. The first-order valence-corrected chi connectivity index (χ1v) is 17.7. The Morgan fingerprint density at radius 3 is 2.11 bits per heavy atom. The van der Waals surface area contributed by atoms with Crippen LogP contribution in [-0.4, -0.2) is 14.1 Å². The van der Waals surface area contributed by atoms with Gasteiger partial charge in [-0.05, 0) is 77.9 Å². The van der Waals surface area contributed by atoms with Crippen molar-refractivity contribution in [2.24, 2.45) is 0 Å². The Balaban J connectivity index is 1.05. The fourth-order valence-electron chi connectivity index (χ4n) is 7.47. The van der Waals surface area contributed by atoms with Crippen LogP contribution in [0, 0.1) is 6.33 Å². The van der Waals surface area contributed by atoms with Gasteiger partial charge in [-0.1, -0.05) is 115 Å². The van der Waals surface area contributed by atoms with E-state index in [9.17, 15) is 0 Å². The predicted molar refractivity (Wildman–Crippen MR) is 213 cm³/mol. The van der Waals surface area contributed by atoms with E-state index in [0.29, 0.717) is 0 Å². The molecule has 3 aromatic heterocycles. The van der Waals surface area contributed by atoms with Crippen LogP contribution in [0.1, 0.15) is 0 Å².